The van der Waals surface area contributed by atoms with Gasteiger partial charge in [-0.15, -0.1) is 0 Å². The molecule has 1 heterocycles. The van der Waals surface area contributed by atoms with Crippen LogP contribution in [0.5, 0.6) is 0 Å². The molecule has 2 saturated carbocycles. The van der Waals surface area contributed by atoms with E-state index in [9.17, 15) is 9.59 Å². The molecule has 0 aromatic heterocycles. The van der Waals surface area contributed by atoms with Crippen molar-refractivity contribution >= 4 is 33.4 Å². The van der Waals surface area contributed by atoms with Crippen LogP contribution in [0.15, 0.2) is 34.4 Å². The maximum absolute atomic E-state index is 14.0. The lowest BCUT2D eigenvalue weighted by Crippen LogP contribution is -2.59. The number of nitrogens with zero attached hydrogens (tertiary/aromatic N) is 1. The van der Waals surface area contributed by atoms with Crippen molar-refractivity contribution in [3.63, 3.8) is 0 Å². The molecule has 184 valence electrons. The number of carbonyl (C=O) groups is 2. The van der Waals surface area contributed by atoms with E-state index in [0.717, 1.165) is 34.4 Å². The van der Waals surface area contributed by atoms with Crippen LogP contribution in [0, 0.1) is 28.6 Å². The van der Waals surface area contributed by atoms with E-state index in [4.69, 9.17) is 0 Å². The van der Waals surface area contributed by atoms with Gasteiger partial charge in [0.05, 0.1) is 0 Å². The number of nitrogens with one attached hydrogen (secondary N) is 1. The Kier molecular flexibility index (Phi) is 5.82. The number of hydrogen-bond donors (Lipinski definition) is 1. The molecule has 4 nitrogen and oxygen atoms in total. The third-order valence-corrected chi connectivity index (χ3v) is 10.3. The molecule has 1 aromatic carbocycles. The van der Waals surface area contributed by atoms with Crippen LogP contribution in [0.25, 0.3) is 0 Å². The second kappa shape index (κ2) is 8.21. The zero-order valence-electron chi connectivity index (χ0n) is 21.3. The zero-order valence-corrected chi connectivity index (χ0v) is 22.9. The summed E-state index contributed by atoms with van der Waals surface area (Å²) < 4.78 is 0.945. The minimum absolute atomic E-state index is 0.0973. The van der Waals surface area contributed by atoms with Gasteiger partial charge in [0.1, 0.15) is 0 Å². The molecule has 1 saturated heterocycles. The van der Waals surface area contributed by atoms with Gasteiger partial charge in [-0.1, -0.05) is 63.0 Å². The molecule has 5 rings (SSSR count). The van der Waals surface area contributed by atoms with Crippen molar-refractivity contribution in [1.29, 1.82) is 0 Å². The Hall–Kier alpha value is -1.62. The standard InChI is InChI=1S/C29H39BrN2O2/c1-27(2,3)23-9-8-18(30)15-24(23)31-26(34)32-17-20-21-7-6-12-28(21,4)13-11-22(20)29(5)14-10-19(33)16-25(29)32/h8-9,15-16,20-22H,6-7,10-14,17H2,1-5H3,(H,31,34)/t20-,21-,22-,28-,29+/m0/s1. The smallest absolute Gasteiger partial charge is 0.307 e. The molecule has 34 heavy (non-hydrogen) atoms. The number of fused-ring (bicyclic) bond motifs is 5. The molecule has 0 radical (unpaired) electrons. The number of urea groups is 1. The number of benzene rings is 1. The molecule has 5 atom stereocenters. The Bertz CT molecular complexity index is 1060. The second-order valence-corrected chi connectivity index (χ2v) is 13.8. The van der Waals surface area contributed by atoms with Crippen molar-refractivity contribution in [1.82, 2.24) is 4.90 Å². The van der Waals surface area contributed by atoms with Gasteiger partial charge >= 0.3 is 6.03 Å². The van der Waals surface area contributed by atoms with Crippen molar-refractivity contribution in [3.05, 3.63) is 40.0 Å². The normalized spacial score (nSPS) is 35.2. The van der Waals surface area contributed by atoms with Gasteiger partial charge in [-0.3, -0.25) is 9.69 Å². The Labute approximate surface area is 213 Å². The molecule has 3 aliphatic carbocycles. The molecular formula is C29H39BrN2O2. The summed E-state index contributed by atoms with van der Waals surface area (Å²) in [4.78, 5) is 28.5. The Balaban J connectivity index is 1.52. The van der Waals surface area contributed by atoms with Crippen molar-refractivity contribution < 1.29 is 9.59 Å². The average Bonchev–Trinajstić information content (AvgIpc) is 3.15. The predicted molar refractivity (Wildman–Crippen MR) is 141 cm³/mol. The first-order valence-electron chi connectivity index (χ1n) is 13.1. The summed E-state index contributed by atoms with van der Waals surface area (Å²) in [5.74, 6) is 1.90. The number of allylic oxidation sites excluding steroid dienone is 2. The van der Waals surface area contributed by atoms with E-state index in [-0.39, 0.29) is 22.6 Å². The predicted octanol–water partition coefficient (Wildman–Crippen LogP) is 7.68. The van der Waals surface area contributed by atoms with Crippen LogP contribution in [0.1, 0.15) is 85.1 Å². The summed E-state index contributed by atoms with van der Waals surface area (Å²) in [5.41, 5.74) is 3.11. The number of halogens is 1. The highest BCUT2D eigenvalue weighted by Gasteiger charge is 2.58. The zero-order chi connectivity index (χ0) is 24.5. The number of rotatable bonds is 1. The van der Waals surface area contributed by atoms with E-state index in [1.807, 2.05) is 17.0 Å². The number of piperidine rings is 1. The van der Waals surface area contributed by atoms with Crippen LogP contribution in [-0.2, 0) is 10.2 Å². The summed E-state index contributed by atoms with van der Waals surface area (Å²) >= 11 is 3.58. The van der Waals surface area contributed by atoms with Crippen LogP contribution >= 0.6 is 15.9 Å². The summed E-state index contributed by atoms with van der Waals surface area (Å²) in [6.07, 6.45) is 9.66. The third-order valence-electron chi connectivity index (χ3n) is 9.77. The van der Waals surface area contributed by atoms with Crippen LogP contribution < -0.4 is 5.32 Å². The monoisotopic (exact) mass is 526 g/mol. The van der Waals surface area contributed by atoms with Gasteiger partial charge in [0.2, 0.25) is 0 Å². The van der Waals surface area contributed by atoms with Crippen molar-refractivity contribution in [2.24, 2.45) is 28.6 Å². The van der Waals surface area contributed by atoms with E-state index >= 15 is 0 Å². The minimum Gasteiger partial charge on any atom is -0.307 e. The van der Waals surface area contributed by atoms with Gasteiger partial charge in [0.25, 0.3) is 0 Å². The highest BCUT2D eigenvalue weighted by Crippen LogP contribution is 2.64. The highest BCUT2D eigenvalue weighted by molar-refractivity contribution is 9.10. The van der Waals surface area contributed by atoms with E-state index in [0.29, 0.717) is 29.6 Å². The van der Waals surface area contributed by atoms with E-state index in [1.165, 1.54) is 32.1 Å². The molecule has 0 spiro atoms. The third kappa shape index (κ3) is 3.86. The lowest BCUT2D eigenvalue weighted by Gasteiger charge is -2.59. The number of ketones is 1. The number of carbonyl (C=O) groups excluding carboxylic acids is 2. The Morgan fingerprint density at radius 1 is 1.12 bits per heavy atom. The fourth-order valence-corrected chi connectivity index (χ4v) is 8.31. The van der Waals surface area contributed by atoms with Crippen molar-refractivity contribution in [3.8, 4) is 0 Å². The summed E-state index contributed by atoms with van der Waals surface area (Å²) in [5, 5.41) is 3.26. The van der Waals surface area contributed by atoms with Gasteiger partial charge in [-0.05, 0) is 78.4 Å². The Morgan fingerprint density at radius 2 is 1.88 bits per heavy atom. The molecule has 0 bridgehead atoms. The van der Waals surface area contributed by atoms with Gasteiger partial charge < -0.3 is 5.32 Å². The molecule has 5 heteroatoms. The highest BCUT2D eigenvalue weighted by atomic mass is 79.9. The number of amides is 2. The van der Waals surface area contributed by atoms with Crippen LogP contribution in [0.2, 0.25) is 0 Å². The SMILES string of the molecule is CC(C)(C)c1ccc(Br)cc1NC(=O)N1C[C@H]2[C@@H]3CCC[C@@]3(C)CC[C@@H]2[C@@]2(C)CCC(=O)C=C12. The first-order valence-corrected chi connectivity index (χ1v) is 13.9. The number of hydrogen-bond acceptors (Lipinski definition) is 2. The van der Waals surface area contributed by atoms with Gasteiger partial charge in [0.15, 0.2) is 5.78 Å². The fraction of sp³-hybridized carbons (Fsp3) is 0.655. The largest absolute Gasteiger partial charge is 0.326 e. The maximum atomic E-state index is 14.0. The number of anilines is 1. The van der Waals surface area contributed by atoms with Crippen LogP contribution in [-0.4, -0.2) is 23.3 Å². The summed E-state index contributed by atoms with van der Waals surface area (Å²) in [6.45, 7) is 12.0. The average molecular weight is 528 g/mol. The maximum Gasteiger partial charge on any atom is 0.326 e. The molecule has 1 N–H and O–H groups in total. The molecule has 4 aliphatic rings. The quantitative estimate of drug-likeness (QED) is 0.407. The molecule has 0 unspecified atom stereocenters. The number of likely N-dealkylation sites (tertiary alicyclic amines) is 1. The molecule has 2 amide bonds. The van der Waals surface area contributed by atoms with E-state index < -0.39 is 0 Å². The fourth-order valence-electron chi connectivity index (χ4n) is 7.95. The van der Waals surface area contributed by atoms with Crippen LogP contribution in [0.3, 0.4) is 0 Å². The molecule has 1 aliphatic heterocycles. The summed E-state index contributed by atoms with van der Waals surface area (Å²) in [7, 11) is 0. The van der Waals surface area contributed by atoms with Crippen molar-refractivity contribution in [2.45, 2.75) is 85.0 Å². The molecular weight excluding hydrogens is 488 g/mol. The van der Waals surface area contributed by atoms with Crippen molar-refractivity contribution in [2.75, 3.05) is 11.9 Å². The Morgan fingerprint density at radius 3 is 2.62 bits per heavy atom. The van der Waals surface area contributed by atoms with Gasteiger partial charge in [-0.2, -0.15) is 0 Å². The topological polar surface area (TPSA) is 49.4 Å². The van der Waals surface area contributed by atoms with Crippen LogP contribution in [0.4, 0.5) is 10.5 Å². The first-order chi connectivity index (χ1) is 15.9. The minimum atomic E-state index is -0.109. The second-order valence-electron chi connectivity index (χ2n) is 12.9. The van der Waals surface area contributed by atoms with E-state index in [1.54, 1.807) is 6.08 Å². The van der Waals surface area contributed by atoms with E-state index in [2.05, 4.69) is 61.9 Å². The van der Waals surface area contributed by atoms with Gasteiger partial charge in [-0.25, -0.2) is 4.79 Å². The molecule has 3 fully saturated rings. The first kappa shape index (κ1) is 24.1. The lowest BCUT2D eigenvalue weighted by molar-refractivity contribution is -0.118. The summed E-state index contributed by atoms with van der Waals surface area (Å²) in [6, 6.07) is 6.02. The lowest BCUT2D eigenvalue weighted by atomic mass is 9.50. The molecule has 1 aromatic rings. The van der Waals surface area contributed by atoms with Gasteiger partial charge in [0, 0.05) is 40.3 Å².